The second-order valence-corrected chi connectivity index (χ2v) is 5.78. The van der Waals surface area contributed by atoms with Crippen molar-refractivity contribution in [1.82, 2.24) is 14.5 Å². The molecule has 6 nitrogen and oxygen atoms in total. The van der Waals surface area contributed by atoms with E-state index in [0.29, 0.717) is 25.1 Å². The van der Waals surface area contributed by atoms with Gasteiger partial charge >= 0.3 is 5.97 Å². The minimum absolute atomic E-state index is 0.203. The Balaban J connectivity index is 1.73. The zero-order valence-corrected chi connectivity index (χ0v) is 12.8. The van der Waals surface area contributed by atoms with E-state index in [-0.39, 0.29) is 5.91 Å². The summed E-state index contributed by atoms with van der Waals surface area (Å²) in [6, 6.07) is 6.62. The molecule has 0 saturated carbocycles. The van der Waals surface area contributed by atoms with Gasteiger partial charge in [0.25, 0.3) is 5.91 Å². The van der Waals surface area contributed by atoms with Gasteiger partial charge in [-0.3, -0.25) is 4.79 Å². The summed E-state index contributed by atoms with van der Waals surface area (Å²) in [5.41, 5.74) is 1.60. The maximum atomic E-state index is 12.6. The van der Waals surface area contributed by atoms with E-state index in [1.54, 1.807) is 24.7 Å². The lowest BCUT2D eigenvalue weighted by Gasteiger charge is -2.33. The number of carbonyl (C=O) groups is 2. The minimum Gasteiger partial charge on any atom is -0.480 e. The lowest BCUT2D eigenvalue weighted by molar-refractivity contribution is -0.143. The van der Waals surface area contributed by atoms with Gasteiger partial charge in [-0.1, -0.05) is 12.1 Å². The lowest BCUT2D eigenvalue weighted by Crippen LogP contribution is -2.47. The third kappa shape index (κ3) is 3.41. The molecule has 0 aliphatic carbocycles. The molecule has 3 rings (SSSR count). The molecule has 1 aliphatic heterocycles. The summed E-state index contributed by atoms with van der Waals surface area (Å²) in [5, 5.41) is 9.29. The van der Waals surface area contributed by atoms with Crippen molar-refractivity contribution in [2.75, 3.05) is 6.54 Å². The number of carboxylic acid groups (broad SMARTS) is 1. The normalized spacial score (nSPS) is 17.9. The average Bonchev–Trinajstić information content (AvgIpc) is 3.08. The summed E-state index contributed by atoms with van der Waals surface area (Å²) in [6.45, 7) is 1.20. The van der Waals surface area contributed by atoms with E-state index in [0.717, 1.165) is 18.4 Å². The molecule has 120 valence electrons. The molecule has 2 heterocycles. The number of nitrogens with zero attached hydrogens (tertiary/aromatic N) is 3. The fraction of sp³-hybridized carbons (Fsp3) is 0.353. The summed E-state index contributed by atoms with van der Waals surface area (Å²) >= 11 is 0. The number of likely N-dealkylation sites (tertiary alicyclic amines) is 1. The number of aliphatic carboxylic acids is 1. The van der Waals surface area contributed by atoms with E-state index in [2.05, 4.69) is 4.98 Å². The van der Waals surface area contributed by atoms with Crippen LogP contribution in [0.2, 0.25) is 0 Å². The molecule has 1 fully saturated rings. The number of aromatic nitrogens is 2. The van der Waals surface area contributed by atoms with Gasteiger partial charge in [0.2, 0.25) is 0 Å². The van der Waals surface area contributed by atoms with Gasteiger partial charge in [0, 0.05) is 31.0 Å². The molecule has 1 saturated heterocycles. The number of amides is 1. The number of hydrogen-bond acceptors (Lipinski definition) is 3. The van der Waals surface area contributed by atoms with Crippen molar-refractivity contribution in [3.05, 3.63) is 54.1 Å². The summed E-state index contributed by atoms with van der Waals surface area (Å²) in [7, 11) is 0. The highest BCUT2D eigenvalue weighted by atomic mass is 16.4. The molecule has 1 amide bonds. The third-order valence-electron chi connectivity index (χ3n) is 4.17. The quantitative estimate of drug-likeness (QED) is 0.937. The van der Waals surface area contributed by atoms with E-state index in [1.807, 2.05) is 22.9 Å². The molecule has 1 unspecified atom stereocenters. The summed E-state index contributed by atoms with van der Waals surface area (Å²) in [4.78, 5) is 29.4. The van der Waals surface area contributed by atoms with Crippen LogP contribution in [-0.2, 0) is 11.3 Å². The van der Waals surface area contributed by atoms with Crippen molar-refractivity contribution >= 4 is 11.9 Å². The molecule has 2 aromatic rings. The maximum Gasteiger partial charge on any atom is 0.326 e. The van der Waals surface area contributed by atoms with E-state index in [1.165, 1.54) is 4.90 Å². The summed E-state index contributed by atoms with van der Waals surface area (Å²) in [6.07, 6.45) is 7.58. The molecule has 0 radical (unpaired) electrons. The molecule has 1 aromatic heterocycles. The molecule has 0 bridgehead atoms. The zero-order chi connectivity index (χ0) is 16.2. The number of benzene rings is 1. The molecule has 0 spiro atoms. The molecule has 1 N–H and O–H groups in total. The van der Waals surface area contributed by atoms with Crippen LogP contribution in [0, 0.1) is 0 Å². The van der Waals surface area contributed by atoms with Crippen LogP contribution in [0.25, 0.3) is 0 Å². The minimum atomic E-state index is -0.922. The van der Waals surface area contributed by atoms with Gasteiger partial charge in [-0.2, -0.15) is 0 Å². The number of imidazole rings is 1. The van der Waals surface area contributed by atoms with Crippen LogP contribution in [0.3, 0.4) is 0 Å². The smallest absolute Gasteiger partial charge is 0.326 e. The van der Waals surface area contributed by atoms with Crippen molar-refractivity contribution in [3.8, 4) is 0 Å². The first-order chi connectivity index (χ1) is 11.1. The Kier molecular flexibility index (Phi) is 4.41. The second kappa shape index (κ2) is 6.64. The van der Waals surface area contributed by atoms with Crippen LogP contribution in [-0.4, -0.2) is 44.0 Å². The Morgan fingerprint density at radius 3 is 2.65 bits per heavy atom. The van der Waals surface area contributed by atoms with Crippen molar-refractivity contribution in [3.63, 3.8) is 0 Å². The Bertz CT molecular complexity index is 680. The number of rotatable bonds is 4. The Labute approximate surface area is 134 Å². The predicted molar refractivity (Wildman–Crippen MR) is 84.1 cm³/mol. The molecule has 1 aliphatic rings. The van der Waals surface area contributed by atoms with Gasteiger partial charge in [-0.05, 0) is 37.0 Å². The largest absolute Gasteiger partial charge is 0.480 e. The fourth-order valence-corrected chi connectivity index (χ4v) is 2.94. The highest BCUT2D eigenvalue weighted by Crippen LogP contribution is 2.20. The van der Waals surface area contributed by atoms with E-state index in [4.69, 9.17) is 0 Å². The molecule has 1 atom stereocenters. The summed E-state index contributed by atoms with van der Waals surface area (Å²) < 4.78 is 1.95. The Morgan fingerprint density at radius 2 is 2.00 bits per heavy atom. The predicted octanol–water partition coefficient (Wildman–Crippen LogP) is 2.01. The Hall–Kier alpha value is -2.63. The van der Waals surface area contributed by atoms with Gasteiger partial charge in [-0.25, -0.2) is 9.78 Å². The first kappa shape index (κ1) is 15.3. The van der Waals surface area contributed by atoms with Gasteiger partial charge in [-0.15, -0.1) is 0 Å². The highest BCUT2D eigenvalue weighted by molar-refractivity contribution is 5.96. The number of carbonyl (C=O) groups excluding carboxylic acids is 1. The Morgan fingerprint density at radius 1 is 1.22 bits per heavy atom. The first-order valence-electron chi connectivity index (χ1n) is 7.73. The SMILES string of the molecule is O=C(O)C1CCCCN1C(=O)c1ccc(Cn2ccnc2)cc1. The monoisotopic (exact) mass is 313 g/mol. The van der Waals surface area contributed by atoms with Crippen LogP contribution < -0.4 is 0 Å². The van der Waals surface area contributed by atoms with Crippen LogP contribution in [0.4, 0.5) is 0 Å². The standard InChI is InChI=1S/C17H19N3O3/c21-16(20-9-2-1-3-15(20)17(22)23)14-6-4-13(5-7-14)11-19-10-8-18-12-19/h4-8,10,12,15H,1-3,9,11H2,(H,22,23). The van der Waals surface area contributed by atoms with Crippen molar-refractivity contribution in [1.29, 1.82) is 0 Å². The van der Waals surface area contributed by atoms with E-state index < -0.39 is 12.0 Å². The molecule has 1 aromatic carbocycles. The molecule has 6 heteroatoms. The lowest BCUT2D eigenvalue weighted by atomic mass is 10.0. The van der Waals surface area contributed by atoms with E-state index in [9.17, 15) is 14.7 Å². The second-order valence-electron chi connectivity index (χ2n) is 5.78. The van der Waals surface area contributed by atoms with Crippen LogP contribution in [0.5, 0.6) is 0 Å². The summed E-state index contributed by atoms with van der Waals surface area (Å²) in [5.74, 6) is -1.12. The fourth-order valence-electron chi connectivity index (χ4n) is 2.94. The number of hydrogen-bond donors (Lipinski definition) is 1. The van der Waals surface area contributed by atoms with Crippen LogP contribution >= 0.6 is 0 Å². The third-order valence-corrected chi connectivity index (χ3v) is 4.17. The van der Waals surface area contributed by atoms with Crippen molar-refractivity contribution in [2.45, 2.75) is 31.8 Å². The zero-order valence-electron chi connectivity index (χ0n) is 12.8. The topological polar surface area (TPSA) is 75.4 Å². The van der Waals surface area contributed by atoms with Gasteiger partial charge < -0.3 is 14.6 Å². The van der Waals surface area contributed by atoms with E-state index >= 15 is 0 Å². The molecule has 23 heavy (non-hydrogen) atoms. The van der Waals surface area contributed by atoms with Gasteiger partial charge in [0.05, 0.1) is 6.33 Å². The highest BCUT2D eigenvalue weighted by Gasteiger charge is 2.32. The average molecular weight is 313 g/mol. The van der Waals surface area contributed by atoms with Crippen LogP contribution in [0.1, 0.15) is 35.2 Å². The number of carboxylic acids is 1. The first-order valence-corrected chi connectivity index (χ1v) is 7.73. The maximum absolute atomic E-state index is 12.6. The van der Waals surface area contributed by atoms with Gasteiger partial charge in [0.15, 0.2) is 0 Å². The molecular formula is C17H19N3O3. The van der Waals surface area contributed by atoms with Crippen molar-refractivity contribution < 1.29 is 14.7 Å². The van der Waals surface area contributed by atoms with Crippen molar-refractivity contribution in [2.24, 2.45) is 0 Å². The number of piperidine rings is 1. The van der Waals surface area contributed by atoms with Crippen LogP contribution in [0.15, 0.2) is 43.0 Å². The van der Waals surface area contributed by atoms with Gasteiger partial charge in [0.1, 0.15) is 6.04 Å². The molecular weight excluding hydrogens is 294 g/mol.